The van der Waals surface area contributed by atoms with Gasteiger partial charge in [0.2, 0.25) is 5.91 Å². The lowest BCUT2D eigenvalue weighted by atomic mass is 10.2. The zero-order valence-corrected chi connectivity index (χ0v) is 17.9. The number of carbonyl (C=O) groups excluding carboxylic acids is 2. The Morgan fingerprint density at radius 3 is 2.93 bits per heavy atom. The fourth-order valence-electron chi connectivity index (χ4n) is 3.62. The van der Waals surface area contributed by atoms with Crippen LogP contribution in [0, 0.1) is 6.92 Å². The van der Waals surface area contributed by atoms with Gasteiger partial charge in [0.1, 0.15) is 4.83 Å². The number of hydrogen-bond acceptors (Lipinski definition) is 4. The second kappa shape index (κ2) is 8.55. The Hall–Kier alpha value is -2.38. The third-order valence-corrected chi connectivity index (χ3v) is 6.69. The number of nitrogens with zero attached hydrogens (tertiary/aromatic N) is 3. The first kappa shape index (κ1) is 19.9. The molecule has 1 saturated heterocycles. The zero-order valence-electron chi connectivity index (χ0n) is 16.3. The molecule has 0 atom stereocenters. The predicted molar refractivity (Wildman–Crippen MR) is 116 cm³/mol. The molecule has 1 N–H and O–H groups in total. The van der Waals surface area contributed by atoms with E-state index in [0.717, 1.165) is 40.9 Å². The summed E-state index contributed by atoms with van der Waals surface area (Å²) in [6, 6.07) is 9.62. The second-order valence-electron chi connectivity index (χ2n) is 7.26. The molecule has 152 valence electrons. The number of nitrogens with one attached hydrogen (secondary N) is 1. The molecule has 1 aromatic carbocycles. The number of hydrogen-bond donors (Lipinski definition) is 1. The summed E-state index contributed by atoms with van der Waals surface area (Å²) in [4.78, 5) is 27.7. The summed E-state index contributed by atoms with van der Waals surface area (Å²) in [5.74, 6) is 0.141. The SMILES string of the molecule is Cc1nn(Cc2ccccc2Cl)c2sc(C(=O)NCCCN3CCCC3=O)cc12. The van der Waals surface area contributed by atoms with Gasteiger partial charge in [-0.05, 0) is 37.5 Å². The Morgan fingerprint density at radius 2 is 2.17 bits per heavy atom. The largest absolute Gasteiger partial charge is 0.351 e. The van der Waals surface area contributed by atoms with E-state index in [1.54, 1.807) is 0 Å². The molecule has 0 bridgehead atoms. The standard InChI is InChI=1S/C21H23ClN4O2S/c1-14-16-12-18(20(28)23-9-5-11-25-10-4-8-19(25)27)29-21(16)26(24-14)13-15-6-2-3-7-17(15)22/h2-3,6-7,12H,4-5,8-11,13H2,1H3,(H,23,28). The molecule has 2 amide bonds. The van der Waals surface area contributed by atoms with Crippen LogP contribution in [0.5, 0.6) is 0 Å². The van der Waals surface area contributed by atoms with E-state index in [1.807, 2.05) is 46.8 Å². The van der Waals surface area contributed by atoms with Gasteiger partial charge in [0.15, 0.2) is 0 Å². The van der Waals surface area contributed by atoms with Gasteiger partial charge in [0.05, 0.1) is 17.1 Å². The first-order chi connectivity index (χ1) is 14.0. The molecule has 0 spiro atoms. The van der Waals surface area contributed by atoms with E-state index in [9.17, 15) is 9.59 Å². The maximum absolute atomic E-state index is 12.6. The molecule has 1 aliphatic heterocycles. The third-order valence-electron chi connectivity index (χ3n) is 5.17. The number of benzene rings is 1. The van der Waals surface area contributed by atoms with Crippen LogP contribution in [0.1, 0.15) is 40.2 Å². The maximum atomic E-state index is 12.6. The summed E-state index contributed by atoms with van der Waals surface area (Å²) < 4.78 is 1.91. The van der Waals surface area contributed by atoms with Crippen LogP contribution in [-0.2, 0) is 11.3 Å². The number of carbonyl (C=O) groups is 2. The van der Waals surface area contributed by atoms with Crippen molar-refractivity contribution in [3.8, 4) is 0 Å². The summed E-state index contributed by atoms with van der Waals surface area (Å²) in [6.07, 6.45) is 2.36. The maximum Gasteiger partial charge on any atom is 0.261 e. The molecule has 3 heterocycles. The smallest absolute Gasteiger partial charge is 0.261 e. The highest BCUT2D eigenvalue weighted by Gasteiger charge is 2.20. The summed E-state index contributed by atoms with van der Waals surface area (Å²) in [5.41, 5.74) is 1.89. The molecule has 1 aliphatic rings. The molecule has 3 aromatic rings. The van der Waals surface area contributed by atoms with E-state index in [0.29, 0.717) is 36.0 Å². The van der Waals surface area contributed by atoms with Crippen LogP contribution in [0.2, 0.25) is 5.02 Å². The van der Waals surface area contributed by atoms with Crippen molar-refractivity contribution in [3.63, 3.8) is 0 Å². The molecule has 6 nitrogen and oxygen atoms in total. The Balaban J connectivity index is 1.41. The van der Waals surface area contributed by atoms with Gasteiger partial charge in [0.25, 0.3) is 5.91 Å². The minimum absolute atomic E-state index is 0.0809. The van der Waals surface area contributed by atoms with Crippen molar-refractivity contribution in [2.24, 2.45) is 0 Å². The van der Waals surface area contributed by atoms with E-state index < -0.39 is 0 Å². The van der Waals surface area contributed by atoms with Crippen molar-refractivity contribution in [1.29, 1.82) is 0 Å². The fourth-order valence-corrected chi connectivity index (χ4v) is 4.89. The zero-order chi connectivity index (χ0) is 20.4. The van der Waals surface area contributed by atoms with Crippen LogP contribution >= 0.6 is 22.9 Å². The molecular formula is C21H23ClN4O2S. The molecule has 0 unspecified atom stereocenters. The van der Waals surface area contributed by atoms with Gasteiger partial charge >= 0.3 is 0 Å². The topological polar surface area (TPSA) is 67.2 Å². The number of fused-ring (bicyclic) bond motifs is 1. The molecule has 0 aliphatic carbocycles. The van der Waals surface area contributed by atoms with Crippen molar-refractivity contribution >= 4 is 45.0 Å². The monoisotopic (exact) mass is 430 g/mol. The number of halogens is 1. The Bertz CT molecular complexity index is 1060. The highest BCUT2D eigenvalue weighted by molar-refractivity contribution is 7.20. The van der Waals surface area contributed by atoms with Gasteiger partial charge in [-0.2, -0.15) is 5.10 Å². The highest BCUT2D eigenvalue weighted by atomic mass is 35.5. The van der Waals surface area contributed by atoms with Gasteiger partial charge in [-0.25, -0.2) is 0 Å². The van der Waals surface area contributed by atoms with Crippen LogP contribution in [-0.4, -0.2) is 46.1 Å². The van der Waals surface area contributed by atoms with Gasteiger partial charge in [-0.3, -0.25) is 14.3 Å². The number of thiophene rings is 1. The Morgan fingerprint density at radius 1 is 1.34 bits per heavy atom. The summed E-state index contributed by atoms with van der Waals surface area (Å²) in [6.45, 7) is 4.62. The van der Waals surface area contributed by atoms with Crippen LogP contribution in [0.4, 0.5) is 0 Å². The summed E-state index contributed by atoms with van der Waals surface area (Å²) >= 11 is 7.73. The molecule has 29 heavy (non-hydrogen) atoms. The number of amides is 2. The van der Waals surface area contributed by atoms with Crippen molar-refractivity contribution < 1.29 is 9.59 Å². The van der Waals surface area contributed by atoms with Crippen LogP contribution in [0.15, 0.2) is 30.3 Å². The lowest BCUT2D eigenvalue weighted by Gasteiger charge is -2.15. The van der Waals surface area contributed by atoms with Crippen LogP contribution < -0.4 is 5.32 Å². The lowest BCUT2D eigenvalue weighted by molar-refractivity contribution is -0.127. The van der Waals surface area contributed by atoms with E-state index in [4.69, 9.17) is 11.6 Å². The highest BCUT2D eigenvalue weighted by Crippen LogP contribution is 2.29. The quantitative estimate of drug-likeness (QED) is 0.579. The first-order valence-electron chi connectivity index (χ1n) is 9.79. The first-order valence-corrected chi connectivity index (χ1v) is 11.0. The molecule has 8 heteroatoms. The minimum Gasteiger partial charge on any atom is -0.351 e. The molecule has 0 saturated carbocycles. The molecule has 0 radical (unpaired) electrons. The van der Waals surface area contributed by atoms with Gasteiger partial charge in [0, 0.05) is 36.5 Å². The summed E-state index contributed by atoms with van der Waals surface area (Å²) in [5, 5.41) is 9.28. The minimum atomic E-state index is -0.0809. The lowest BCUT2D eigenvalue weighted by Crippen LogP contribution is -2.30. The van der Waals surface area contributed by atoms with Crippen molar-refractivity contribution in [2.45, 2.75) is 32.7 Å². The van der Waals surface area contributed by atoms with Crippen molar-refractivity contribution in [2.75, 3.05) is 19.6 Å². The molecule has 1 fully saturated rings. The van der Waals surface area contributed by atoms with Crippen LogP contribution in [0.3, 0.4) is 0 Å². The number of aromatic nitrogens is 2. The second-order valence-corrected chi connectivity index (χ2v) is 8.70. The van der Waals surface area contributed by atoms with Gasteiger partial charge in [-0.1, -0.05) is 29.8 Å². The number of rotatable bonds is 7. The molecular weight excluding hydrogens is 408 g/mol. The normalized spacial score (nSPS) is 14.1. The Kier molecular flexibility index (Phi) is 5.87. The van der Waals surface area contributed by atoms with Crippen LogP contribution in [0.25, 0.3) is 10.2 Å². The fraction of sp³-hybridized carbons (Fsp3) is 0.381. The van der Waals surface area contributed by atoms with E-state index in [2.05, 4.69) is 10.4 Å². The molecule has 4 rings (SSSR count). The predicted octanol–water partition coefficient (Wildman–Crippen LogP) is 3.85. The number of likely N-dealkylation sites (tertiary alicyclic amines) is 1. The average Bonchev–Trinajstić information content (AvgIpc) is 3.39. The van der Waals surface area contributed by atoms with Gasteiger partial charge < -0.3 is 10.2 Å². The van der Waals surface area contributed by atoms with Gasteiger partial charge in [-0.15, -0.1) is 11.3 Å². The number of aryl methyl sites for hydroxylation is 1. The van der Waals surface area contributed by atoms with E-state index in [1.165, 1.54) is 11.3 Å². The van der Waals surface area contributed by atoms with E-state index in [-0.39, 0.29) is 11.8 Å². The summed E-state index contributed by atoms with van der Waals surface area (Å²) in [7, 11) is 0. The van der Waals surface area contributed by atoms with E-state index >= 15 is 0 Å². The third kappa shape index (κ3) is 4.31. The van der Waals surface area contributed by atoms with Crippen molar-refractivity contribution in [1.82, 2.24) is 20.0 Å². The average molecular weight is 431 g/mol. The molecule has 2 aromatic heterocycles. The van der Waals surface area contributed by atoms with Crippen molar-refractivity contribution in [3.05, 3.63) is 51.5 Å². The Labute approximate surface area is 178 Å².